The summed E-state index contributed by atoms with van der Waals surface area (Å²) >= 11 is 14.6. The number of alkyl halides is 1. The van der Waals surface area contributed by atoms with Gasteiger partial charge in [-0.2, -0.15) is 0 Å². The lowest BCUT2D eigenvalue weighted by Gasteiger charge is -2.45. The molecular formula is C48H52Cl2IN7O6. The Morgan fingerprint density at radius 2 is 1.64 bits per heavy atom. The number of nitrogens with zero attached hydrogens (tertiary/aromatic N) is 5. The summed E-state index contributed by atoms with van der Waals surface area (Å²) in [7, 11) is 5.97. The highest BCUT2D eigenvalue weighted by Crippen LogP contribution is 2.34. The Kier molecular flexibility index (Phi) is 15.3. The van der Waals surface area contributed by atoms with Crippen LogP contribution in [-0.4, -0.2) is 102 Å². The first kappa shape index (κ1) is 47.0. The minimum absolute atomic E-state index is 0.107. The Morgan fingerprint density at radius 3 is 2.34 bits per heavy atom. The van der Waals surface area contributed by atoms with Crippen LogP contribution in [0.3, 0.4) is 0 Å². The van der Waals surface area contributed by atoms with Gasteiger partial charge in [-0.05, 0) is 122 Å². The number of hydrogen-bond acceptors (Lipinski definition) is 8. The third-order valence-electron chi connectivity index (χ3n) is 11.7. The molecular weight excluding hydrogens is 968 g/mol. The number of piperidine rings is 1. The Bertz CT molecular complexity index is 2450. The van der Waals surface area contributed by atoms with E-state index in [1.807, 2.05) is 117 Å². The lowest BCUT2D eigenvalue weighted by molar-refractivity contribution is -0.146. The minimum atomic E-state index is -1.34. The van der Waals surface area contributed by atoms with Gasteiger partial charge in [0.1, 0.15) is 23.4 Å². The monoisotopic (exact) mass is 1020 g/mol. The Morgan fingerprint density at radius 1 is 0.922 bits per heavy atom. The molecule has 4 aromatic carbocycles. The number of hydrogen-bond donors (Lipinski definition) is 3. The maximum atomic E-state index is 14.9. The zero-order valence-corrected chi connectivity index (χ0v) is 39.6. The molecule has 64 heavy (non-hydrogen) atoms. The summed E-state index contributed by atoms with van der Waals surface area (Å²) in [6.07, 6.45) is 3.40. The number of aliphatic hydroxyl groups is 1. The van der Waals surface area contributed by atoms with Crippen LogP contribution >= 0.6 is 45.8 Å². The SMILES string of the molecule is CN(C)Cc1ncc(-c2ccc(Oc3cc(Cl)ccc3CN3C(=O)CC(Cc4ccccc4)C(=O)N4CCCC(Cc5ccc(Cl)cc5)(C4)NC(=O)C(CO)NC(=O)C3I)cc2)n1C. The summed E-state index contributed by atoms with van der Waals surface area (Å²) in [5, 5.41) is 17.4. The Labute approximate surface area is 397 Å². The van der Waals surface area contributed by atoms with Gasteiger partial charge in [-0.15, -0.1) is 0 Å². The molecule has 13 nitrogen and oxygen atoms in total. The first-order valence-corrected chi connectivity index (χ1v) is 23.2. The molecule has 4 amide bonds. The highest BCUT2D eigenvalue weighted by molar-refractivity contribution is 14.1. The fourth-order valence-electron chi connectivity index (χ4n) is 8.46. The van der Waals surface area contributed by atoms with Crippen molar-refractivity contribution in [3.05, 3.63) is 136 Å². The number of ether oxygens (including phenoxy) is 1. The number of carbonyl (C=O) groups is 4. The fourth-order valence-corrected chi connectivity index (χ4v) is 9.43. The van der Waals surface area contributed by atoms with E-state index in [-0.39, 0.29) is 31.8 Å². The quantitative estimate of drug-likeness (QED) is 0.0703. The van der Waals surface area contributed by atoms with E-state index in [0.29, 0.717) is 59.5 Å². The van der Waals surface area contributed by atoms with Crippen LogP contribution in [0, 0.1) is 5.92 Å². The summed E-state index contributed by atoms with van der Waals surface area (Å²) in [6.45, 7) is 0.488. The number of halogens is 3. The molecule has 2 bridgehead atoms. The van der Waals surface area contributed by atoms with E-state index < -0.39 is 45.9 Å². The van der Waals surface area contributed by atoms with Gasteiger partial charge in [0, 0.05) is 47.7 Å². The average Bonchev–Trinajstić information content (AvgIpc) is 3.63. The van der Waals surface area contributed by atoms with Crippen molar-refractivity contribution >= 4 is 69.4 Å². The molecule has 2 aliphatic heterocycles. The topological polar surface area (TPSA) is 149 Å². The van der Waals surface area contributed by atoms with Crippen LogP contribution < -0.4 is 15.4 Å². The van der Waals surface area contributed by atoms with Gasteiger partial charge in [0.25, 0.3) is 5.91 Å². The smallest absolute Gasteiger partial charge is 0.253 e. The van der Waals surface area contributed by atoms with Gasteiger partial charge in [-0.3, -0.25) is 19.2 Å². The van der Waals surface area contributed by atoms with Crippen molar-refractivity contribution in [2.24, 2.45) is 13.0 Å². The molecule has 336 valence electrons. The number of imidazole rings is 1. The van der Waals surface area contributed by atoms with E-state index in [4.69, 9.17) is 27.9 Å². The Balaban J connectivity index is 1.20. The second kappa shape index (κ2) is 20.9. The average molecular weight is 1020 g/mol. The maximum absolute atomic E-state index is 14.9. The normalized spacial score (nSPS) is 21.1. The number of benzene rings is 4. The molecule has 3 N–H and O–H groups in total. The van der Waals surface area contributed by atoms with Crippen molar-refractivity contribution in [1.29, 1.82) is 0 Å². The molecule has 2 aliphatic rings. The van der Waals surface area contributed by atoms with Crippen LogP contribution in [0.25, 0.3) is 11.3 Å². The Hall–Kier alpha value is -5.00. The molecule has 2 saturated heterocycles. The molecule has 7 rings (SSSR count). The molecule has 4 atom stereocenters. The number of fused-ring (bicyclic) bond motifs is 2. The number of aliphatic hydroxyl groups excluding tert-OH is 1. The molecule has 5 aromatic rings. The predicted octanol–water partition coefficient (Wildman–Crippen LogP) is 6.80. The predicted molar refractivity (Wildman–Crippen MR) is 255 cm³/mol. The van der Waals surface area contributed by atoms with Gasteiger partial charge in [0.15, 0.2) is 4.05 Å². The summed E-state index contributed by atoms with van der Waals surface area (Å²) < 4.78 is 7.31. The lowest BCUT2D eigenvalue weighted by Crippen LogP contribution is -2.65. The minimum Gasteiger partial charge on any atom is -0.457 e. The van der Waals surface area contributed by atoms with Gasteiger partial charge in [0.05, 0.1) is 43.0 Å². The van der Waals surface area contributed by atoms with Gasteiger partial charge in [0.2, 0.25) is 17.7 Å². The van der Waals surface area contributed by atoms with Crippen molar-refractivity contribution in [3.8, 4) is 22.8 Å². The summed E-state index contributed by atoms with van der Waals surface area (Å²) in [5.74, 6) is -0.941. The van der Waals surface area contributed by atoms with Crippen LogP contribution in [0.1, 0.15) is 41.8 Å². The van der Waals surface area contributed by atoms with Gasteiger partial charge < -0.3 is 39.7 Å². The molecule has 0 radical (unpaired) electrons. The van der Waals surface area contributed by atoms with E-state index in [0.717, 1.165) is 28.2 Å². The van der Waals surface area contributed by atoms with Crippen molar-refractivity contribution in [2.75, 3.05) is 33.8 Å². The molecule has 0 saturated carbocycles. The first-order valence-electron chi connectivity index (χ1n) is 21.2. The second-order valence-corrected chi connectivity index (χ2v) is 18.9. The number of nitrogens with one attached hydrogen (secondary N) is 2. The van der Waals surface area contributed by atoms with E-state index >= 15 is 0 Å². The molecule has 0 spiro atoms. The molecule has 4 unspecified atom stereocenters. The molecule has 3 heterocycles. The van der Waals surface area contributed by atoms with E-state index in [9.17, 15) is 24.3 Å². The zero-order valence-electron chi connectivity index (χ0n) is 36.0. The maximum Gasteiger partial charge on any atom is 0.253 e. The second-order valence-electron chi connectivity index (χ2n) is 16.9. The fraction of sp³-hybridized carbons (Fsp3) is 0.354. The summed E-state index contributed by atoms with van der Waals surface area (Å²) in [6, 6.07) is 28.1. The van der Waals surface area contributed by atoms with Crippen LogP contribution in [0.15, 0.2) is 103 Å². The number of rotatable bonds is 12. The van der Waals surface area contributed by atoms with Crippen LogP contribution in [0.4, 0.5) is 0 Å². The lowest BCUT2D eigenvalue weighted by atomic mass is 9.81. The molecule has 16 heteroatoms. The van der Waals surface area contributed by atoms with Crippen molar-refractivity contribution in [2.45, 2.75) is 60.8 Å². The van der Waals surface area contributed by atoms with Crippen LogP contribution in [-0.2, 0) is 52.2 Å². The highest BCUT2D eigenvalue weighted by Gasteiger charge is 2.43. The standard InChI is InChI=1S/C48H52Cl2IN7O6/c1-55(2)28-42-52-26-40(56(42)3)33-13-18-38(19-14-33)64-41-24-37(50)17-12-34(41)27-58-43(60)23-35(22-31-8-5-4-6-9-31)47(63)57-21-7-20-48(30-57,25-32-10-15-36(49)16-11-32)54-45(61)39(29-59)53-46(62)44(58)51/h4-6,8-19,24,26,35,39,44,59H,7,20-23,25,27-30H2,1-3H3,(H,53,62)(H,54,61). The summed E-state index contributed by atoms with van der Waals surface area (Å²) in [5.41, 5.74) is 3.27. The van der Waals surface area contributed by atoms with E-state index in [2.05, 4.69) is 25.1 Å². The molecule has 1 aromatic heterocycles. The van der Waals surface area contributed by atoms with Crippen LogP contribution in [0.5, 0.6) is 11.5 Å². The molecule has 2 fully saturated rings. The number of carbonyl (C=O) groups excluding carboxylic acids is 4. The van der Waals surface area contributed by atoms with Gasteiger partial charge in [-0.1, -0.05) is 71.7 Å². The zero-order chi connectivity index (χ0) is 45.5. The number of aromatic nitrogens is 2. The van der Waals surface area contributed by atoms with Crippen LogP contribution in [0.2, 0.25) is 10.0 Å². The first-order chi connectivity index (χ1) is 30.7. The van der Waals surface area contributed by atoms with Crippen molar-refractivity contribution in [3.63, 3.8) is 0 Å². The highest BCUT2D eigenvalue weighted by atomic mass is 127. The third-order valence-corrected chi connectivity index (χ3v) is 13.5. The number of amides is 4. The van der Waals surface area contributed by atoms with E-state index in [1.165, 1.54) is 4.90 Å². The summed E-state index contributed by atoms with van der Waals surface area (Å²) in [4.78, 5) is 67.8. The van der Waals surface area contributed by atoms with Crippen molar-refractivity contribution in [1.82, 2.24) is 34.9 Å². The third kappa shape index (κ3) is 11.4. The molecule has 0 aliphatic carbocycles. The van der Waals surface area contributed by atoms with Gasteiger partial charge >= 0.3 is 0 Å². The van der Waals surface area contributed by atoms with Crippen molar-refractivity contribution < 1.29 is 29.0 Å². The van der Waals surface area contributed by atoms with Gasteiger partial charge in [-0.25, -0.2) is 4.98 Å². The van der Waals surface area contributed by atoms with E-state index in [1.54, 1.807) is 35.2 Å². The largest absolute Gasteiger partial charge is 0.457 e.